The summed E-state index contributed by atoms with van der Waals surface area (Å²) in [5, 5.41) is 0. The molecule has 1 aliphatic rings. The molecule has 110 valence electrons. The predicted molar refractivity (Wildman–Crippen MR) is 81.8 cm³/mol. The van der Waals surface area contributed by atoms with Gasteiger partial charge in [0, 0.05) is 17.7 Å². The fourth-order valence-corrected chi connectivity index (χ4v) is 2.85. The highest BCUT2D eigenvalue weighted by Crippen LogP contribution is 2.24. The topological polar surface area (TPSA) is 35.2 Å². The van der Waals surface area contributed by atoms with Gasteiger partial charge in [-0.25, -0.2) is 4.39 Å². The predicted octanol–water partition coefficient (Wildman–Crippen LogP) is 3.91. The van der Waals surface area contributed by atoms with Gasteiger partial charge in [-0.1, -0.05) is 24.3 Å². The number of aryl methyl sites for hydroxylation is 2. The summed E-state index contributed by atoms with van der Waals surface area (Å²) in [7, 11) is 0. The molecule has 2 aromatic carbocycles. The molecule has 0 fully saturated rings. The lowest BCUT2D eigenvalue weighted by molar-refractivity contribution is 0.304. The minimum atomic E-state index is -0.309. The molecule has 3 heteroatoms. The molecule has 21 heavy (non-hydrogen) atoms. The number of fused-ring (bicyclic) bond motifs is 1. The Kier molecular flexibility index (Phi) is 3.93. The lowest BCUT2D eigenvalue weighted by atomic mass is 10.1. The van der Waals surface area contributed by atoms with Crippen LogP contribution in [0.1, 0.15) is 41.6 Å². The smallest absolute Gasteiger partial charge is 0.131 e. The molecule has 0 unspecified atom stereocenters. The number of ether oxygens (including phenoxy) is 1. The SMILES string of the molecule is C[C@@H](N)c1ccc(OCc2ccc3c(c2)CCC3)cc1F. The molecule has 0 aliphatic heterocycles. The molecule has 0 bridgehead atoms. The van der Waals surface area contributed by atoms with Gasteiger partial charge in [-0.3, -0.25) is 0 Å². The molecule has 0 saturated carbocycles. The first-order valence-electron chi connectivity index (χ1n) is 7.42. The maximum atomic E-state index is 13.8. The van der Waals surface area contributed by atoms with Crippen LogP contribution in [0, 0.1) is 5.82 Å². The Balaban J connectivity index is 1.69. The second-order valence-corrected chi connectivity index (χ2v) is 5.72. The van der Waals surface area contributed by atoms with Crippen LogP contribution in [-0.2, 0) is 19.4 Å². The van der Waals surface area contributed by atoms with E-state index in [0.29, 0.717) is 17.9 Å². The first-order valence-corrected chi connectivity index (χ1v) is 7.42. The monoisotopic (exact) mass is 285 g/mol. The van der Waals surface area contributed by atoms with Crippen LogP contribution >= 0.6 is 0 Å². The Morgan fingerprint density at radius 3 is 2.71 bits per heavy atom. The van der Waals surface area contributed by atoms with Gasteiger partial charge in [-0.15, -0.1) is 0 Å². The quantitative estimate of drug-likeness (QED) is 0.924. The number of rotatable bonds is 4. The second kappa shape index (κ2) is 5.86. The maximum Gasteiger partial charge on any atom is 0.131 e. The average molecular weight is 285 g/mol. The molecule has 0 amide bonds. The molecular weight excluding hydrogens is 265 g/mol. The first-order chi connectivity index (χ1) is 10.1. The number of hydrogen-bond acceptors (Lipinski definition) is 2. The van der Waals surface area contributed by atoms with Crippen molar-refractivity contribution in [1.29, 1.82) is 0 Å². The Morgan fingerprint density at radius 1 is 1.14 bits per heavy atom. The maximum absolute atomic E-state index is 13.8. The van der Waals surface area contributed by atoms with Gasteiger partial charge in [0.25, 0.3) is 0 Å². The number of benzene rings is 2. The van der Waals surface area contributed by atoms with Gasteiger partial charge in [0.2, 0.25) is 0 Å². The molecule has 1 aliphatic carbocycles. The highest BCUT2D eigenvalue weighted by Gasteiger charge is 2.11. The van der Waals surface area contributed by atoms with Crippen molar-refractivity contribution in [2.45, 2.75) is 38.8 Å². The second-order valence-electron chi connectivity index (χ2n) is 5.72. The van der Waals surface area contributed by atoms with Gasteiger partial charge >= 0.3 is 0 Å². The lowest BCUT2D eigenvalue weighted by Crippen LogP contribution is -2.07. The van der Waals surface area contributed by atoms with Crippen LogP contribution < -0.4 is 10.5 Å². The third kappa shape index (κ3) is 3.08. The molecule has 0 aromatic heterocycles. The van der Waals surface area contributed by atoms with Crippen molar-refractivity contribution in [1.82, 2.24) is 0 Å². The first kappa shape index (κ1) is 14.1. The van der Waals surface area contributed by atoms with Gasteiger partial charge in [0.15, 0.2) is 0 Å². The Labute approximate surface area is 124 Å². The van der Waals surface area contributed by atoms with Gasteiger partial charge in [0.05, 0.1) is 0 Å². The van der Waals surface area contributed by atoms with E-state index in [1.807, 2.05) is 0 Å². The summed E-state index contributed by atoms with van der Waals surface area (Å²) in [6.07, 6.45) is 3.57. The lowest BCUT2D eigenvalue weighted by Gasteiger charge is -2.11. The fraction of sp³-hybridized carbons (Fsp3) is 0.333. The summed E-state index contributed by atoms with van der Waals surface area (Å²) in [5.41, 5.74) is 10.2. The number of hydrogen-bond donors (Lipinski definition) is 1. The molecule has 2 aromatic rings. The number of nitrogens with two attached hydrogens (primary N) is 1. The zero-order valence-corrected chi connectivity index (χ0v) is 12.2. The van der Waals surface area contributed by atoms with E-state index in [9.17, 15) is 4.39 Å². The molecule has 1 atom stereocenters. The fourth-order valence-electron chi connectivity index (χ4n) is 2.85. The van der Waals surface area contributed by atoms with Crippen molar-refractivity contribution >= 4 is 0 Å². The van der Waals surface area contributed by atoms with Crippen molar-refractivity contribution in [2.24, 2.45) is 5.73 Å². The third-order valence-electron chi connectivity index (χ3n) is 4.03. The van der Waals surface area contributed by atoms with Crippen LogP contribution in [0.4, 0.5) is 4.39 Å². The molecule has 0 heterocycles. The van der Waals surface area contributed by atoms with Crippen LogP contribution in [0.2, 0.25) is 0 Å². The van der Waals surface area contributed by atoms with E-state index in [1.54, 1.807) is 19.1 Å². The van der Waals surface area contributed by atoms with E-state index in [-0.39, 0.29) is 11.9 Å². The Morgan fingerprint density at radius 2 is 1.95 bits per heavy atom. The summed E-state index contributed by atoms with van der Waals surface area (Å²) < 4.78 is 19.5. The van der Waals surface area contributed by atoms with Crippen LogP contribution in [0.25, 0.3) is 0 Å². The van der Waals surface area contributed by atoms with Gasteiger partial charge < -0.3 is 10.5 Å². The molecule has 2 nitrogen and oxygen atoms in total. The van der Waals surface area contributed by atoms with Crippen molar-refractivity contribution in [3.05, 3.63) is 64.5 Å². The third-order valence-corrected chi connectivity index (χ3v) is 4.03. The van der Waals surface area contributed by atoms with E-state index in [2.05, 4.69) is 18.2 Å². The van der Waals surface area contributed by atoms with Crippen molar-refractivity contribution in [3.63, 3.8) is 0 Å². The summed E-state index contributed by atoms with van der Waals surface area (Å²) in [4.78, 5) is 0. The summed E-state index contributed by atoms with van der Waals surface area (Å²) in [6.45, 7) is 2.23. The van der Waals surface area contributed by atoms with E-state index in [0.717, 1.165) is 12.0 Å². The van der Waals surface area contributed by atoms with E-state index < -0.39 is 0 Å². The van der Waals surface area contributed by atoms with Crippen LogP contribution in [0.15, 0.2) is 36.4 Å². The Hall–Kier alpha value is -1.87. The van der Waals surface area contributed by atoms with Crippen LogP contribution in [0.3, 0.4) is 0 Å². The minimum absolute atomic E-state index is 0.309. The van der Waals surface area contributed by atoms with Crippen molar-refractivity contribution in [2.75, 3.05) is 0 Å². The Bertz CT molecular complexity index is 652. The average Bonchev–Trinajstić information content (AvgIpc) is 2.92. The van der Waals surface area contributed by atoms with E-state index in [1.165, 1.54) is 30.0 Å². The van der Waals surface area contributed by atoms with Crippen LogP contribution in [-0.4, -0.2) is 0 Å². The number of halogens is 1. The van der Waals surface area contributed by atoms with Gasteiger partial charge in [-0.05, 0) is 48.9 Å². The van der Waals surface area contributed by atoms with Crippen molar-refractivity contribution in [3.8, 4) is 5.75 Å². The van der Waals surface area contributed by atoms with Gasteiger partial charge in [0.1, 0.15) is 18.2 Å². The zero-order chi connectivity index (χ0) is 14.8. The standard InChI is InChI=1S/C18H20FNO/c1-12(20)17-8-7-16(10-18(17)19)21-11-13-5-6-14-3-2-4-15(14)9-13/h5-10,12H,2-4,11,20H2,1H3/t12-/m1/s1. The van der Waals surface area contributed by atoms with E-state index >= 15 is 0 Å². The highest BCUT2D eigenvalue weighted by atomic mass is 19.1. The molecule has 2 N–H and O–H groups in total. The molecule has 3 rings (SSSR count). The minimum Gasteiger partial charge on any atom is -0.489 e. The van der Waals surface area contributed by atoms with Gasteiger partial charge in [-0.2, -0.15) is 0 Å². The van der Waals surface area contributed by atoms with Crippen LogP contribution in [0.5, 0.6) is 5.75 Å². The zero-order valence-electron chi connectivity index (χ0n) is 12.2. The molecule has 0 saturated heterocycles. The molecule has 0 radical (unpaired) electrons. The van der Waals surface area contributed by atoms with Crippen molar-refractivity contribution < 1.29 is 9.13 Å². The molecular formula is C18H20FNO. The molecule has 0 spiro atoms. The van der Waals surface area contributed by atoms with E-state index in [4.69, 9.17) is 10.5 Å². The largest absolute Gasteiger partial charge is 0.489 e. The highest BCUT2D eigenvalue weighted by molar-refractivity contribution is 5.35. The summed E-state index contributed by atoms with van der Waals surface area (Å²) >= 11 is 0. The normalized spacial score (nSPS) is 14.8. The summed E-state index contributed by atoms with van der Waals surface area (Å²) in [5.74, 6) is 0.230. The summed E-state index contributed by atoms with van der Waals surface area (Å²) in [6, 6.07) is 11.0.